The van der Waals surface area contributed by atoms with Crippen molar-refractivity contribution in [2.24, 2.45) is 0 Å². The Morgan fingerprint density at radius 3 is 1.71 bits per heavy atom. The number of methoxy groups -OCH3 is 1. The van der Waals surface area contributed by atoms with Crippen molar-refractivity contribution < 1.29 is 14.1 Å². The summed E-state index contributed by atoms with van der Waals surface area (Å²) in [5.41, 5.74) is 0.977. The normalized spacial score (nSPS) is 12.5. The van der Waals surface area contributed by atoms with Crippen LogP contribution in [0.3, 0.4) is 0 Å². The summed E-state index contributed by atoms with van der Waals surface area (Å²) in [7, 11) is -1.93. The molecule has 0 unspecified atom stereocenters. The van der Waals surface area contributed by atoms with E-state index in [0.29, 0.717) is 17.2 Å². The molecular weight excluding hydrogens is 369 g/mol. The third-order valence-electron chi connectivity index (χ3n) is 4.75. The molecule has 0 bridgehead atoms. The Bertz CT molecular complexity index is 902. The van der Waals surface area contributed by atoms with E-state index < -0.39 is 19.3 Å². The molecular formula is C23H24NO3P. The molecule has 1 atom stereocenters. The summed E-state index contributed by atoms with van der Waals surface area (Å²) in [6.07, 6.45) is 0. The average Bonchev–Trinajstić information content (AvgIpc) is 2.78. The molecule has 0 amide bonds. The van der Waals surface area contributed by atoms with Crippen LogP contribution in [-0.4, -0.2) is 23.8 Å². The fraction of sp³-hybridized carbons (Fsp3) is 0.174. The van der Waals surface area contributed by atoms with Crippen LogP contribution in [0.25, 0.3) is 0 Å². The standard InChI is InChI=1S/C23H24NO3P/c1-19(23(25)27-2)24(18-20-12-6-3-7-13-20)28(26,21-14-8-4-9-15-21)22-16-10-5-11-17-22/h3-17,19H,18H2,1-2H3/t19-/m0/s1. The zero-order valence-electron chi connectivity index (χ0n) is 16.1. The Morgan fingerprint density at radius 1 is 0.857 bits per heavy atom. The predicted molar refractivity (Wildman–Crippen MR) is 113 cm³/mol. The van der Waals surface area contributed by atoms with Crippen LogP contribution in [0.2, 0.25) is 0 Å². The molecule has 3 aromatic carbocycles. The van der Waals surface area contributed by atoms with Crippen LogP contribution in [0.15, 0.2) is 91.0 Å². The maximum atomic E-state index is 14.7. The molecule has 3 aromatic rings. The van der Waals surface area contributed by atoms with Crippen LogP contribution in [0.4, 0.5) is 0 Å². The number of ether oxygens (including phenoxy) is 1. The second-order valence-electron chi connectivity index (χ2n) is 6.53. The van der Waals surface area contributed by atoms with Crippen molar-refractivity contribution in [1.29, 1.82) is 0 Å². The number of esters is 1. The second kappa shape index (κ2) is 9.01. The highest BCUT2D eigenvalue weighted by molar-refractivity contribution is 7.76. The van der Waals surface area contributed by atoms with Crippen LogP contribution < -0.4 is 10.6 Å². The first-order valence-corrected chi connectivity index (χ1v) is 10.8. The Kier molecular flexibility index (Phi) is 6.45. The number of carbonyl (C=O) groups is 1. The highest BCUT2D eigenvalue weighted by atomic mass is 31.2. The Morgan fingerprint density at radius 2 is 1.29 bits per heavy atom. The summed E-state index contributed by atoms with van der Waals surface area (Å²) in [6.45, 7) is 2.10. The smallest absolute Gasteiger partial charge is 0.323 e. The van der Waals surface area contributed by atoms with E-state index in [-0.39, 0.29) is 0 Å². The monoisotopic (exact) mass is 393 g/mol. The van der Waals surface area contributed by atoms with Crippen LogP contribution in [0.1, 0.15) is 12.5 Å². The molecule has 0 N–H and O–H groups in total. The largest absolute Gasteiger partial charge is 0.468 e. The van der Waals surface area contributed by atoms with E-state index in [1.807, 2.05) is 91.0 Å². The maximum Gasteiger partial charge on any atom is 0.323 e. The van der Waals surface area contributed by atoms with E-state index in [9.17, 15) is 9.36 Å². The van der Waals surface area contributed by atoms with Crippen molar-refractivity contribution in [1.82, 2.24) is 4.67 Å². The molecule has 0 heterocycles. The van der Waals surface area contributed by atoms with Gasteiger partial charge >= 0.3 is 5.97 Å². The lowest BCUT2D eigenvalue weighted by Gasteiger charge is -2.35. The van der Waals surface area contributed by atoms with Gasteiger partial charge in [-0.1, -0.05) is 66.7 Å². The van der Waals surface area contributed by atoms with Crippen LogP contribution >= 0.6 is 7.29 Å². The SMILES string of the molecule is COC(=O)[C@H](C)N(Cc1ccccc1)P(=O)(c1ccccc1)c1ccccc1. The number of hydrogen-bond acceptors (Lipinski definition) is 3. The van der Waals surface area contributed by atoms with Crippen LogP contribution in [0.5, 0.6) is 0 Å². The molecule has 28 heavy (non-hydrogen) atoms. The first kappa shape index (κ1) is 20.1. The molecule has 0 saturated carbocycles. The molecule has 0 spiro atoms. The van der Waals surface area contributed by atoms with Gasteiger partial charge in [-0.3, -0.25) is 9.36 Å². The average molecular weight is 393 g/mol. The van der Waals surface area contributed by atoms with Crippen molar-refractivity contribution in [3.8, 4) is 0 Å². The molecule has 0 fully saturated rings. The minimum Gasteiger partial charge on any atom is -0.468 e. The van der Waals surface area contributed by atoms with Gasteiger partial charge in [0.25, 0.3) is 0 Å². The van der Waals surface area contributed by atoms with Gasteiger partial charge in [0, 0.05) is 17.2 Å². The molecule has 3 rings (SSSR count). The maximum absolute atomic E-state index is 14.7. The van der Waals surface area contributed by atoms with Gasteiger partial charge in [0.1, 0.15) is 6.04 Å². The number of nitrogens with zero attached hydrogens (tertiary/aromatic N) is 1. The molecule has 0 aliphatic rings. The summed E-state index contributed by atoms with van der Waals surface area (Å²) in [6, 6.07) is 27.8. The van der Waals surface area contributed by atoms with Crippen molar-refractivity contribution >= 4 is 23.9 Å². The minimum atomic E-state index is -3.29. The van der Waals surface area contributed by atoms with Crippen LogP contribution in [-0.2, 0) is 20.6 Å². The lowest BCUT2D eigenvalue weighted by molar-refractivity contribution is -0.144. The van der Waals surface area contributed by atoms with Crippen LogP contribution in [0, 0.1) is 0 Å². The van der Waals surface area contributed by atoms with E-state index in [1.54, 1.807) is 11.6 Å². The number of rotatable bonds is 7. The van der Waals surface area contributed by atoms with Gasteiger partial charge < -0.3 is 4.74 Å². The lowest BCUT2D eigenvalue weighted by Crippen LogP contribution is -2.42. The summed E-state index contributed by atoms with van der Waals surface area (Å²) in [4.78, 5) is 12.5. The third kappa shape index (κ3) is 4.09. The van der Waals surface area contributed by atoms with Gasteiger partial charge in [-0.2, -0.15) is 0 Å². The van der Waals surface area contributed by atoms with Crippen molar-refractivity contribution in [2.75, 3.05) is 7.11 Å². The molecule has 0 aliphatic carbocycles. The minimum absolute atomic E-state index is 0.359. The van der Waals surface area contributed by atoms with Gasteiger partial charge in [-0.15, -0.1) is 0 Å². The van der Waals surface area contributed by atoms with Crippen molar-refractivity contribution in [3.63, 3.8) is 0 Å². The third-order valence-corrected chi connectivity index (χ3v) is 7.96. The van der Waals surface area contributed by atoms with Gasteiger partial charge in [0.2, 0.25) is 7.29 Å². The van der Waals surface area contributed by atoms with E-state index in [0.717, 1.165) is 5.56 Å². The highest BCUT2D eigenvalue weighted by Crippen LogP contribution is 2.49. The summed E-state index contributed by atoms with van der Waals surface area (Å²) in [5.74, 6) is -0.414. The zero-order valence-corrected chi connectivity index (χ0v) is 17.0. The Hall–Kier alpha value is -2.68. The fourth-order valence-corrected chi connectivity index (χ4v) is 6.24. The number of benzene rings is 3. The topological polar surface area (TPSA) is 46.6 Å². The quantitative estimate of drug-likeness (QED) is 0.450. The first-order valence-electron chi connectivity index (χ1n) is 9.17. The van der Waals surface area contributed by atoms with Crippen molar-refractivity contribution in [3.05, 3.63) is 96.6 Å². The summed E-state index contributed by atoms with van der Waals surface area (Å²) < 4.78 is 21.5. The molecule has 0 saturated heterocycles. The van der Waals surface area contributed by atoms with Gasteiger partial charge in [0.05, 0.1) is 7.11 Å². The molecule has 0 aromatic heterocycles. The zero-order chi connectivity index (χ0) is 20.0. The highest BCUT2D eigenvalue weighted by Gasteiger charge is 2.40. The molecule has 144 valence electrons. The molecule has 4 nitrogen and oxygen atoms in total. The van der Waals surface area contributed by atoms with Gasteiger partial charge in [-0.05, 0) is 36.8 Å². The number of hydrogen-bond donors (Lipinski definition) is 0. The summed E-state index contributed by atoms with van der Waals surface area (Å²) >= 11 is 0. The Labute approximate surface area is 166 Å². The van der Waals surface area contributed by atoms with Gasteiger partial charge in [-0.25, -0.2) is 4.67 Å². The van der Waals surface area contributed by atoms with E-state index in [4.69, 9.17) is 4.74 Å². The van der Waals surface area contributed by atoms with Crippen molar-refractivity contribution in [2.45, 2.75) is 19.5 Å². The lowest BCUT2D eigenvalue weighted by atomic mass is 10.2. The predicted octanol–water partition coefficient (Wildman–Crippen LogP) is 3.98. The molecule has 5 heteroatoms. The molecule has 0 radical (unpaired) electrons. The Balaban J connectivity index is 2.19. The van der Waals surface area contributed by atoms with E-state index >= 15 is 0 Å². The van der Waals surface area contributed by atoms with Gasteiger partial charge in [0.15, 0.2) is 0 Å². The first-order chi connectivity index (χ1) is 13.6. The number of carbonyl (C=O) groups excluding carboxylic acids is 1. The summed E-state index contributed by atoms with van der Waals surface area (Å²) in [5, 5.41) is 1.38. The van der Waals surface area contributed by atoms with E-state index in [2.05, 4.69) is 0 Å². The molecule has 0 aliphatic heterocycles. The fourth-order valence-electron chi connectivity index (χ4n) is 3.25. The second-order valence-corrected chi connectivity index (χ2v) is 9.23. The van der Waals surface area contributed by atoms with E-state index in [1.165, 1.54) is 7.11 Å².